The van der Waals surface area contributed by atoms with E-state index in [0.717, 1.165) is 10.0 Å². The quantitative estimate of drug-likeness (QED) is 0.540. The van der Waals surface area contributed by atoms with E-state index in [1.807, 2.05) is 18.2 Å². The van der Waals surface area contributed by atoms with Crippen LogP contribution in [0.4, 0.5) is 0 Å². The molecule has 0 saturated carbocycles. The molecule has 0 aliphatic rings. The van der Waals surface area contributed by atoms with Crippen LogP contribution in [-0.4, -0.2) is 47.7 Å². The SMILES string of the molecule is CC(C)O[C@@H](Cc1cccc(OC[C@H](O)COc2ccc(Br)cc2)c1)C(=O)O. The molecule has 2 aromatic rings. The van der Waals surface area contributed by atoms with Crippen molar-refractivity contribution in [1.29, 1.82) is 0 Å². The van der Waals surface area contributed by atoms with Gasteiger partial charge in [-0.25, -0.2) is 4.79 Å². The topological polar surface area (TPSA) is 85.2 Å². The van der Waals surface area contributed by atoms with Crippen molar-refractivity contribution in [3.8, 4) is 11.5 Å². The first kappa shape index (κ1) is 22.2. The molecule has 0 aliphatic carbocycles. The van der Waals surface area contributed by atoms with Crippen molar-refractivity contribution in [2.45, 2.75) is 38.6 Å². The third-order valence-electron chi connectivity index (χ3n) is 3.73. The lowest BCUT2D eigenvalue weighted by Crippen LogP contribution is -2.29. The van der Waals surface area contributed by atoms with E-state index >= 15 is 0 Å². The monoisotopic (exact) mass is 452 g/mol. The molecule has 0 aliphatic heterocycles. The van der Waals surface area contributed by atoms with E-state index in [1.54, 1.807) is 44.2 Å². The molecular formula is C21H25BrO6. The first-order valence-corrected chi connectivity index (χ1v) is 9.79. The predicted octanol–water partition coefficient (Wildman–Crippen LogP) is 3.69. The summed E-state index contributed by atoms with van der Waals surface area (Å²) < 4.78 is 17.5. The minimum absolute atomic E-state index is 0.0604. The summed E-state index contributed by atoms with van der Waals surface area (Å²) in [5.41, 5.74) is 0.783. The lowest BCUT2D eigenvalue weighted by atomic mass is 10.1. The average Bonchev–Trinajstić information content (AvgIpc) is 2.65. The van der Waals surface area contributed by atoms with Crippen LogP contribution in [0.2, 0.25) is 0 Å². The zero-order valence-corrected chi connectivity index (χ0v) is 17.5. The van der Waals surface area contributed by atoms with Gasteiger partial charge in [-0.3, -0.25) is 0 Å². The van der Waals surface area contributed by atoms with Gasteiger partial charge in [0.05, 0.1) is 6.10 Å². The molecule has 7 heteroatoms. The number of halogens is 1. The summed E-state index contributed by atoms with van der Waals surface area (Å²) in [4.78, 5) is 11.3. The van der Waals surface area contributed by atoms with Crippen molar-refractivity contribution in [2.75, 3.05) is 13.2 Å². The number of hydrogen-bond acceptors (Lipinski definition) is 5. The second kappa shape index (κ2) is 11.0. The van der Waals surface area contributed by atoms with Crippen LogP contribution in [0.1, 0.15) is 19.4 Å². The Hall–Kier alpha value is -2.09. The van der Waals surface area contributed by atoms with Crippen LogP contribution in [0.3, 0.4) is 0 Å². The summed E-state index contributed by atoms with van der Waals surface area (Å²) in [7, 11) is 0. The Morgan fingerprint density at radius 3 is 2.29 bits per heavy atom. The van der Waals surface area contributed by atoms with Crippen LogP contribution in [0.5, 0.6) is 11.5 Å². The maximum Gasteiger partial charge on any atom is 0.333 e. The van der Waals surface area contributed by atoms with Gasteiger partial charge < -0.3 is 24.4 Å². The van der Waals surface area contributed by atoms with Gasteiger partial charge in [0.2, 0.25) is 0 Å². The Morgan fingerprint density at radius 2 is 1.68 bits per heavy atom. The second-order valence-corrected chi connectivity index (χ2v) is 7.51. The van der Waals surface area contributed by atoms with Crippen molar-refractivity contribution in [3.63, 3.8) is 0 Å². The molecule has 0 saturated heterocycles. The lowest BCUT2D eigenvalue weighted by molar-refractivity contribution is -0.153. The normalized spacial score (nSPS) is 13.2. The number of ether oxygens (including phenoxy) is 3. The van der Waals surface area contributed by atoms with E-state index in [9.17, 15) is 15.0 Å². The van der Waals surface area contributed by atoms with Crippen LogP contribution in [0, 0.1) is 0 Å². The third-order valence-corrected chi connectivity index (χ3v) is 4.26. The Morgan fingerprint density at radius 1 is 1.04 bits per heavy atom. The van der Waals surface area contributed by atoms with Gasteiger partial charge in [-0.05, 0) is 55.8 Å². The van der Waals surface area contributed by atoms with E-state index in [2.05, 4.69) is 15.9 Å². The Labute approximate surface area is 173 Å². The number of aliphatic carboxylic acids is 1. The fraction of sp³-hybridized carbons (Fsp3) is 0.381. The maximum absolute atomic E-state index is 11.3. The molecule has 2 aromatic carbocycles. The Bertz CT molecular complexity index is 747. The molecule has 0 amide bonds. The highest BCUT2D eigenvalue weighted by Crippen LogP contribution is 2.18. The molecule has 152 valence electrons. The molecule has 2 N–H and O–H groups in total. The van der Waals surface area contributed by atoms with E-state index in [1.165, 1.54) is 0 Å². The third kappa shape index (κ3) is 7.88. The van der Waals surface area contributed by atoms with E-state index in [4.69, 9.17) is 14.2 Å². The Kier molecular flexibility index (Phi) is 8.76. The predicted molar refractivity (Wildman–Crippen MR) is 109 cm³/mol. The highest BCUT2D eigenvalue weighted by Gasteiger charge is 2.20. The number of carboxylic acid groups (broad SMARTS) is 1. The van der Waals surface area contributed by atoms with Crippen LogP contribution in [-0.2, 0) is 16.0 Å². The molecule has 28 heavy (non-hydrogen) atoms. The summed E-state index contributed by atoms with van der Waals surface area (Å²) in [5, 5.41) is 19.3. The molecule has 2 atom stereocenters. The minimum atomic E-state index is -1.000. The molecule has 0 aromatic heterocycles. The number of aliphatic hydroxyl groups is 1. The fourth-order valence-electron chi connectivity index (χ4n) is 2.46. The summed E-state index contributed by atoms with van der Waals surface area (Å²) in [6, 6.07) is 14.4. The number of carboxylic acids is 1. The summed E-state index contributed by atoms with van der Waals surface area (Å²) in [6.45, 7) is 3.76. The average molecular weight is 453 g/mol. The zero-order valence-electron chi connectivity index (χ0n) is 15.9. The van der Waals surface area contributed by atoms with Crippen molar-refractivity contribution in [1.82, 2.24) is 0 Å². The summed E-state index contributed by atoms with van der Waals surface area (Å²) in [5.74, 6) is 0.212. The van der Waals surface area contributed by atoms with Crippen molar-refractivity contribution in [2.24, 2.45) is 0 Å². The van der Waals surface area contributed by atoms with Gasteiger partial charge >= 0.3 is 5.97 Å². The molecule has 0 spiro atoms. The number of hydrogen-bond donors (Lipinski definition) is 2. The highest BCUT2D eigenvalue weighted by molar-refractivity contribution is 9.10. The molecule has 0 bridgehead atoms. The smallest absolute Gasteiger partial charge is 0.333 e. The first-order chi connectivity index (χ1) is 13.3. The van der Waals surface area contributed by atoms with E-state index in [0.29, 0.717) is 11.5 Å². The first-order valence-electron chi connectivity index (χ1n) is 9.00. The molecular weight excluding hydrogens is 428 g/mol. The number of carbonyl (C=O) groups is 1. The number of aliphatic hydroxyl groups excluding tert-OH is 1. The maximum atomic E-state index is 11.3. The van der Waals surface area contributed by atoms with E-state index < -0.39 is 18.2 Å². The molecule has 0 radical (unpaired) electrons. The van der Waals surface area contributed by atoms with Gasteiger partial charge in [0.15, 0.2) is 6.10 Å². The lowest BCUT2D eigenvalue weighted by Gasteiger charge is -2.17. The highest BCUT2D eigenvalue weighted by atomic mass is 79.9. The van der Waals surface area contributed by atoms with E-state index in [-0.39, 0.29) is 25.7 Å². The zero-order chi connectivity index (χ0) is 20.5. The second-order valence-electron chi connectivity index (χ2n) is 6.59. The van der Waals surface area contributed by atoms with Gasteiger partial charge in [0.1, 0.15) is 30.8 Å². The van der Waals surface area contributed by atoms with Crippen LogP contribution in [0.15, 0.2) is 53.0 Å². The van der Waals surface area contributed by atoms with Crippen molar-refractivity contribution < 1.29 is 29.2 Å². The van der Waals surface area contributed by atoms with Gasteiger partial charge in [-0.1, -0.05) is 28.1 Å². The summed E-state index contributed by atoms with van der Waals surface area (Å²) >= 11 is 3.35. The molecule has 0 fully saturated rings. The molecule has 2 rings (SSSR count). The number of rotatable bonds is 11. The number of benzene rings is 2. The van der Waals surface area contributed by atoms with Crippen LogP contribution < -0.4 is 9.47 Å². The molecule has 6 nitrogen and oxygen atoms in total. The van der Waals surface area contributed by atoms with Gasteiger partial charge in [0, 0.05) is 10.9 Å². The Balaban J connectivity index is 1.84. The van der Waals surface area contributed by atoms with Gasteiger partial charge in [-0.15, -0.1) is 0 Å². The van der Waals surface area contributed by atoms with Gasteiger partial charge in [0.25, 0.3) is 0 Å². The largest absolute Gasteiger partial charge is 0.491 e. The fourth-order valence-corrected chi connectivity index (χ4v) is 2.73. The van der Waals surface area contributed by atoms with Gasteiger partial charge in [-0.2, -0.15) is 0 Å². The van der Waals surface area contributed by atoms with Crippen molar-refractivity contribution in [3.05, 3.63) is 58.6 Å². The molecule has 0 unspecified atom stereocenters. The molecule has 0 heterocycles. The standard InChI is InChI=1S/C21H25BrO6/c1-14(2)28-20(21(24)25)11-15-4-3-5-19(10-15)27-13-17(23)12-26-18-8-6-16(22)7-9-18/h3-10,14,17,20,23H,11-13H2,1-2H3,(H,24,25)/t17-,20+/m1/s1. The van der Waals surface area contributed by atoms with Crippen LogP contribution >= 0.6 is 15.9 Å². The van der Waals surface area contributed by atoms with Crippen LogP contribution in [0.25, 0.3) is 0 Å². The minimum Gasteiger partial charge on any atom is -0.491 e. The van der Waals surface area contributed by atoms with Crippen molar-refractivity contribution >= 4 is 21.9 Å². The summed E-state index contributed by atoms with van der Waals surface area (Å²) in [6.07, 6.45) is -1.66.